The zero-order chi connectivity index (χ0) is 16.4. The second-order valence-corrected chi connectivity index (χ2v) is 6.92. The first-order chi connectivity index (χ1) is 11.0. The van der Waals surface area contributed by atoms with E-state index >= 15 is 0 Å². The molecule has 1 amide bonds. The molecule has 0 N–H and O–H groups in total. The molecule has 1 atom stereocenters. The highest BCUT2D eigenvalue weighted by Gasteiger charge is 2.34. The Morgan fingerprint density at radius 2 is 2.30 bits per heavy atom. The van der Waals surface area contributed by atoms with Crippen molar-refractivity contribution in [3.63, 3.8) is 0 Å². The predicted octanol–water partition coefficient (Wildman–Crippen LogP) is 2.25. The van der Waals surface area contributed by atoms with Gasteiger partial charge in [-0.1, -0.05) is 13.8 Å². The highest BCUT2D eigenvalue weighted by Crippen LogP contribution is 2.26. The van der Waals surface area contributed by atoms with Crippen LogP contribution in [0.15, 0.2) is 9.80 Å². The monoisotopic (exact) mass is 336 g/mol. The van der Waals surface area contributed by atoms with Gasteiger partial charge in [0.15, 0.2) is 0 Å². The molecule has 0 aromatic carbocycles. The van der Waals surface area contributed by atoms with Gasteiger partial charge in [0.05, 0.1) is 18.2 Å². The number of amides is 1. The van der Waals surface area contributed by atoms with Crippen molar-refractivity contribution in [1.29, 1.82) is 0 Å². The van der Waals surface area contributed by atoms with Crippen molar-refractivity contribution in [3.05, 3.63) is 27.9 Å². The molecule has 1 aliphatic rings. The number of ether oxygens (including phenoxy) is 1. The summed E-state index contributed by atoms with van der Waals surface area (Å²) < 4.78 is 11.0. The van der Waals surface area contributed by atoms with Crippen LogP contribution in [0.3, 0.4) is 0 Å². The molecule has 3 heterocycles. The minimum absolute atomic E-state index is 0.111. The summed E-state index contributed by atoms with van der Waals surface area (Å²) in [6.45, 7) is 7.35. The van der Waals surface area contributed by atoms with Gasteiger partial charge in [0.2, 0.25) is 11.8 Å². The number of nitrogens with zero attached hydrogens (tertiary/aromatic N) is 4. The number of aromatic nitrogens is 3. The first-order valence-electron chi connectivity index (χ1n) is 7.67. The van der Waals surface area contributed by atoms with E-state index in [0.717, 1.165) is 11.4 Å². The second kappa shape index (κ2) is 6.76. The molecular weight excluding hydrogens is 316 g/mol. The number of carbonyl (C=O) groups is 1. The lowest BCUT2D eigenvalue weighted by atomic mass is 10.1. The molecule has 0 saturated carbocycles. The molecule has 0 unspecified atom stereocenters. The van der Waals surface area contributed by atoms with Crippen molar-refractivity contribution in [1.82, 2.24) is 20.1 Å². The van der Waals surface area contributed by atoms with Crippen LogP contribution in [0.1, 0.15) is 47.2 Å². The van der Waals surface area contributed by atoms with Gasteiger partial charge in [-0.2, -0.15) is 0 Å². The normalized spacial score (nSPS) is 18.6. The zero-order valence-electron chi connectivity index (χ0n) is 13.5. The summed E-state index contributed by atoms with van der Waals surface area (Å²) in [5, 5.41) is 10.7. The van der Waals surface area contributed by atoms with Gasteiger partial charge in [0.25, 0.3) is 5.91 Å². The Morgan fingerprint density at radius 3 is 3.00 bits per heavy atom. The van der Waals surface area contributed by atoms with E-state index in [1.165, 1.54) is 11.3 Å². The number of hydrogen-bond donors (Lipinski definition) is 0. The summed E-state index contributed by atoms with van der Waals surface area (Å²) in [4.78, 5) is 19.0. The fraction of sp³-hybridized carbons (Fsp3) is 0.600. The lowest BCUT2D eigenvalue weighted by Gasteiger charge is -2.32. The van der Waals surface area contributed by atoms with Crippen molar-refractivity contribution >= 4 is 17.2 Å². The van der Waals surface area contributed by atoms with E-state index in [2.05, 4.69) is 29.0 Å². The molecule has 1 aliphatic heterocycles. The lowest BCUT2D eigenvalue weighted by Crippen LogP contribution is -2.43. The fourth-order valence-electron chi connectivity index (χ4n) is 2.50. The second-order valence-electron chi connectivity index (χ2n) is 5.97. The fourth-order valence-corrected chi connectivity index (χ4v) is 3.48. The van der Waals surface area contributed by atoms with E-state index in [1.807, 2.05) is 5.38 Å². The molecule has 1 saturated heterocycles. The SMILES string of the molecule is Cc1nnc([C@@H]2COCCN2C(=O)c2csc(CC(C)C)n2)o1. The molecule has 124 valence electrons. The van der Waals surface area contributed by atoms with Crippen LogP contribution in [0.5, 0.6) is 0 Å². The first-order valence-corrected chi connectivity index (χ1v) is 8.55. The maximum Gasteiger partial charge on any atom is 0.274 e. The van der Waals surface area contributed by atoms with Crippen LogP contribution in [0.4, 0.5) is 0 Å². The van der Waals surface area contributed by atoms with Crippen molar-refractivity contribution in [2.24, 2.45) is 5.92 Å². The molecule has 8 heteroatoms. The molecule has 7 nitrogen and oxygen atoms in total. The molecule has 0 radical (unpaired) electrons. The highest BCUT2D eigenvalue weighted by atomic mass is 32.1. The van der Waals surface area contributed by atoms with Gasteiger partial charge >= 0.3 is 0 Å². The Labute approximate surface area is 138 Å². The Hall–Kier alpha value is -1.80. The average molecular weight is 336 g/mol. The van der Waals surface area contributed by atoms with Gasteiger partial charge in [-0.05, 0) is 5.92 Å². The minimum Gasteiger partial charge on any atom is -0.423 e. The third-order valence-electron chi connectivity index (χ3n) is 3.57. The van der Waals surface area contributed by atoms with Gasteiger partial charge in [-0.3, -0.25) is 4.79 Å². The Balaban J connectivity index is 1.79. The molecule has 1 fully saturated rings. The number of aryl methyl sites for hydroxylation is 1. The standard InChI is InChI=1S/C15H20N4O3S/c1-9(2)6-13-16-11(8-23-13)15(20)19-4-5-21-7-12(19)14-18-17-10(3)22-14/h8-9,12H,4-7H2,1-3H3/t12-/m0/s1. The third kappa shape index (κ3) is 3.59. The minimum atomic E-state index is -0.354. The summed E-state index contributed by atoms with van der Waals surface area (Å²) in [6.07, 6.45) is 0.882. The van der Waals surface area contributed by atoms with Crippen LogP contribution in [-0.4, -0.2) is 45.7 Å². The van der Waals surface area contributed by atoms with Crippen LogP contribution in [0.25, 0.3) is 0 Å². The smallest absolute Gasteiger partial charge is 0.274 e. The van der Waals surface area contributed by atoms with E-state index in [-0.39, 0.29) is 11.9 Å². The van der Waals surface area contributed by atoms with Gasteiger partial charge < -0.3 is 14.1 Å². The Kier molecular flexibility index (Phi) is 4.72. The third-order valence-corrected chi connectivity index (χ3v) is 4.44. The van der Waals surface area contributed by atoms with Crippen LogP contribution < -0.4 is 0 Å². The Morgan fingerprint density at radius 1 is 1.48 bits per heavy atom. The molecule has 2 aromatic heterocycles. The quantitative estimate of drug-likeness (QED) is 0.852. The predicted molar refractivity (Wildman–Crippen MR) is 84.3 cm³/mol. The topological polar surface area (TPSA) is 81.4 Å². The van der Waals surface area contributed by atoms with E-state index in [4.69, 9.17) is 9.15 Å². The summed E-state index contributed by atoms with van der Waals surface area (Å²) in [6, 6.07) is -0.354. The van der Waals surface area contributed by atoms with Crippen molar-refractivity contribution in [2.45, 2.75) is 33.2 Å². The van der Waals surface area contributed by atoms with Crippen LogP contribution >= 0.6 is 11.3 Å². The maximum absolute atomic E-state index is 12.8. The zero-order valence-corrected chi connectivity index (χ0v) is 14.3. The van der Waals surface area contributed by atoms with Crippen LogP contribution in [0, 0.1) is 12.8 Å². The molecule has 23 heavy (non-hydrogen) atoms. The number of rotatable bonds is 4. The van der Waals surface area contributed by atoms with E-state index in [9.17, 15) is 4.79 Å². The first kappa shape index (κ1) is 16.1. The summed E-state index contributed by atoms with van der Waals surface area (Å²) in [5.41, 5.74) is 0.480. The number of carbonyl (C=O) groups excluding carboxylic acids is 1. The van der Waals surface area contributed by atoms with Gasteiger partial charge in [-0.25, -0.2) is 4.98 Å². The van der Waals surface area contributed by atoms with E-state index in [0.29, 0.717) is 43.2 Å². The summed E-state index contributed by atoms with van der Waals surface area (Å²) >= 11 is 1.53. The van der Waals surface area contributed by atoms with E-state index in [1.54, 1.807) is 11.8 Å². The largest absolute Gasteiger partial charge is 0.423 e. The van der Waals surface area contributed by atoms with Crippen molar-refractivity contribution in [2.75, 3.05) is 19.8 Å². The Bertz CT molecular complexity index is 682. The van der Waals surface area contributed by atoms with Gasteiger partial charge in [0, 0.05) is 25.3 Å². The van der Waals surface area contributed by atoms with Crippen LogP contribution in [-0.2, 0) is 11.2 Å². The molecule has 2 aromatic rings. The van der Waals surface area contributed by atoms with E-state index < -0.39 is 0 Å². The molecule has 3 rings (SSSR count). The maximum atomic E-state index is 12.8. The van der Waals surface area contributed by atoms with Gasteiger partial charge in [-0.15, -0.1) is 21.5 Å². The highest BCUT2D eigenvalue weighted by molar-refractivity contribution is 7.09. The molecule has 0 aliphatic carbocycles. The summed E-state index contributed by atoms with van der Waals surface area (Å²) in [7, 11) is 0. The van der Waals surface area contributed by atoms with Crippen LogP contribution in [0.2, 0.25) is 0 Å². The number of thiazole rings is 1. The van der Waals surface area contributed by atoms with Crippen molar-refractivity contribution < 1.29 is 13.9 Å². The summed E-state index contributed by atoms with van der Waals surface area (Å²) in [5.74, 6) is 1.29. The number of hydrogen-bond acceptors (Lipinski definition) is 7. The number of morpholine rings is 1. The molecular formula is C15H20N4O3S. The lowest BCUT2D eigenvalue weighted by molar-refractivity contribution is -0.0109. The molecule has 0 bridgehead atoms. The average Bonchev–Trinajstić information content (AvgIpc) is 3.15. The van der Waals surface area contributed by atoms with Gasteiger partial charge in [0.1, 0.15) is 11.7 Å². The van der Waals surface area contributed by atoms with Crippen molar-refractivity contribution in [3.8, 4) is 0 Å². The molecule has 0 spiro atoms.